The lowest BCUT2D eigenvalue weighted by Crippen LogP contribution is -2.60. The van der Waals surface area contributed by atoms with Crippen LogP contribution in [0.1, 0.15) is 39.5 Å². The third kappa shape index (κ3) is 7.30. The Kier molecular flexibility index (Phi) is 9.11. The summed E-state index contributed by atoms with van der Waals surface area (Å²) in [6.45, 7) is 12.6. The molecule has 4 atom stereocenters. The van der Waals surface area contributed by atoms with Crippen LogP contribution in [0.5, 0.6) is 0 Å². The van der Waals surface area contributed by atoms with Crippen LogP contribution in [0.2, 0.25) is 38.3 Å². The lowest BCUT2D eigenvalue weighted by atomic mass is 10.1. The summed E-state index contributed by atoms with van der Waals surface area (Å²) < 4.78 is 17.5. The molecule has 1 N–H and O–H groups in total. The highest BCUT2D eigenvalue weighted by atomic mass is 35.5. The molecule has 0 unspecified atom stereocenters. The van der Waals surface area contributed by atoms with Gasteiger partial charge in [0.2, 0.25) is 6.29 Å². The van der Waals surface area contributed by atoms with Crippen LogP contribution in [0, 0.1) is 0 Å². The number of hydrogen-bond donors (Lipinski definition) is 1. The molecule has 1 aliphatic heterocycles. The van der Waals surface area contributed by atoms with Gasteiger partial charge >= 0.3 is 5.97 Å². The van der Waals surface area contributed by atoms with Crippen LogP contribution < -0.4 is 0 Å². The predicted octanol–water partition coefficient (Wildman–Crippen LogP) is 4.25. The number of esters is 1. The average molecular weight is 411 g/mol. The Morgan fingerprint density at radius 2 is 1.52 bits per heavy atom. The zero-order valence-corrected chi connectivity index (χ0v) is 19.3. The molecule has 0 aromatic carbocycles. The first-order valence-electron chi connectivity index (χ1n) is 9.41. The van der Waals surface area contributed by atoms with Gasteiger partial charge in [-0.15, -0.1) is 11.6 Å². The van der Waals surface area contributed by atoms with Gasteiger partial charge in [0.1, 0.15) is 12.2 Å². The number of ether oxygens (including phenoxy) is 1. The molecule has 0 aliphatic carbocycles. The SMILES string of the molecule is CCCC[Si](C)(C)O[C@H]1OC(=O)[C@H](Cl)[C@H](O[Si](C)(C)CCCC)[C@@H]1O. The van der Waals surface area contributed by atoms with E-state index in [4.69, 9.17) is 25.2 Å². The second kappa shape index (κ2) is 9.85. The minimum absolute atomic E-state index is 0.567. The fourth-order valence-electron chi connectivity index (χ4n) is 2.94. The highest BCUT2D eigenvalue weighted by Gasteiger charge is 2.49. The average Bonchev–Trinajstić information content (AvgIpc) is 2.52. The Morgan fingerprint density at radius 1 is 1.04 bits per heavy atom. The van der Waals surface area contributed by atoms with Crippen LogP contribution in [0.3, 0.4) is 0 Å². The van der Waals surface area contributed by atoms with Crippen molar-refractivity contribution in [2.75, 3.05) is 0 Å². The normalized spacial score (nSPS) is 28.1. The quantitative estimate of drug-likeness (QED) is 0.331. The van der Waals surface area contributed by atoms with Crippen molar-refractivity contribution >= 4 is 34.2 Å². The molecular formula is C17H35ClO5Si2. The number of carbonyl (C=O) groups excluding carboxylic acids is 1. The minimum atomic E-state index is -2.04. The summed E-state index contributed by atoms with van der Waals surface area (Å²) in [7, 11) is -4.07. The molecule has 1 fully saturated rings. The van der Waals surface area contributed by atoms with Gasteiger partial charge in [0.15, 0.2) is 22.0 Å². The lowest BCUT2D eigenvalue weighted by molar-refractivity contribution is -0.211. The molecule has 5 nitrogen and oxygen atoms in total. The second-order valence-electron chi connectivity index (χ2n) is 8.12. The van der Waals surface area contributed by atoms with Gasteiger partial charge in [-0.1, -0.05) is 39.5 Å². The number of halogens is 1. The van der Waals surface area contributed by atoms with Crippen LogP contribution in [0.25, 0.3) is 0 Å². The van der Waals surface area contributed by atoms with Gasteiger partial charge in [0, 0.05) is 0 Å². The van der Waals surface area contributed by atoms with E-state index < -0.39 is 46.5 Å². The summed E-state index contributed by atoms with van der Waals surface area (Å²) in [6.07, 6.45) is 1.48. The lowest BCUT2D eigenvalue weighted by Gasteiger charge is -2.42. The van der Waals surface area contributed by atoms with Crippen molar-refractivity contribution in [3.05, 3.63) is 0 Å². The molecule has 0 aromatic rings. The van der Waals surface area contributed by atoms with Gasteiger partial charge in [0.05, 0.1) is 0 Å². The summed E-state index contributed by atoms with van der Waals surface area (Å²) in [5.74, 6) is -0.567. The summed E-state index contributed by atoms with van der Waals surface area (Å²) in [5, 5.41) is 9.73. The topological polar surface area (TPSA) is 65.0 Å². The van der Waals surface area contributed by atoms with E-state index in [1.807, 2.05) is 0 Å². The first-order chi connectivity index (χ1) is 11.5. The third-order valence-electron chi connectivity index (χ3n) is 4.52. The molecule has 0 saturated carbocycles. The van der Waals surface area contributed by atoms with Gasteiger partial charge in [-0.3, -0.25) is 4.79 Å². The van der Waals surface area contributed by atoms with Crippen molar-refractivity contribution in [2.24, 2.45) is 0 Å². The van der Waals surface area contributed by atoms with E-state index in [0.29, 0.717) is 0 Å². The van der Waals surface area contributed by atoms with Gasteiger partial charge in [-0.05, 0) is 38.3 Å². The van der Waals surface area contributed by atoms with Crippen molar-refractivity contribution in [2.45, 2.75) is 102 Å². The molecule has 148 valence electrons. The fourth-order valence-corrected chi connectivity index (χ4v) is 7.75. The summed E-state index contributed by atoms with van der Waals surface area (Å²) >= 11 is 6.21. The molecular weight excluding hydrogens is 376 g/mol. The summed E-state index contributed by atoms with van der Waals surface area (Å²) in [5.41, 5.74) is 0. The van der Waals surface area contributed by atoms with Gasteiger partial charge < -0.3 is 18.7 Å². The van der Waals surface area contributed by atoms with Gasteiger partial charge in [-0.2, -0.15) is 0 Å². The van der Waals surface area contributed by atoms with Crippen molar-refractivity contribution in [1.82, 2.24) is 0 Å². The molecule has 0 radical (unpaired) electrons. The van der Waals surface area contributed by atoms with Crippen LogP contribution in [0.4, 0.5) is 0 Å². The number of rotatable bonds is 10. The van der Waals surface area contributed by atoms with E-state index in [1.54, 1.807) is 0 Å². The second-order valence-corrected chi connectivity index (χ2v) is 17.1. The first kappa shape index (κ1) is 23.1. The fraction of sp³-hybridized carbons (Fsp3) is 0.941. The van der Waals surface area contributed by atoms with E-state index in [1.165, 1.54) is 0 Å². The third-order valence-corrected chi connectivity index (χ3v) is 9.84. The Labute approximate surface area is 159 Å². The number of aliphatic hydroxyl groups is 1. The molecule has 1 heterocycles. The molecule has 8 heteroatoms. The number of cyclic esters (lactones) is 1. The van der Waals surface area contributed by atoms with Gasteiger partial charge in [-0.25, -0.2) is 0 Å². The maximum Gasteiger partial charge on any atom is 0.329 e. The Bertz CT molecular complexity index is 433. The maximum absolute atomic E-state index is 12.2. The Balaban J connectivity index is 2.82. The Hall–Kier alpha value is 0.0738. The standard InChI is InChI=1S/C17H35ClO5Si2/c1-7-9-11-24(3,4)22-15-13(18)16(20)21-17(14(15)19)23-25(5,6)12-10-8-2/h13-15,17,19H,7-12H2,1-6H3/t13-,14+,15+,17-/m1/s1. The van der Waals surface area contributed by atoms with Crippen LogP contribution in [0.15, 0.2) is 0 Å². The van der Waals surface area contributed by atoms with Crippen molar-refractivity contribution < 1.29 is 23.5 Å². The summed E-state index contributed by atoms with van der Waals surface area (Å²) in [6, 6.07) is 1.92. The molecule has 1 aliphatic rings. The number of carbonyl (C=O) groups is 1. The van der Waals surface area contributed by atoms with E-state index in [9.17, 15) is 9.90 Å². The Morgan fingerprint density at radius 3 is 2.00 bits per heavy atom. The monoisotopic (exact) mass is 410 g/mol. The predicted molar refractivity (Wildman–Crippen MR) is 106 cm³/mol. The zero-order valence-electron chi connectivity index (χ0n) is 16.5. The number of unbranched alkanes of at least 4 members (excludes halogenated alkanes) is 2. The zero-order chi connectivity index (χ0) is 19.3. The van der Waals surface area contributed by atoms with Crippen molar-refractivity contribution in [3.8, 4) is 0 Å². The first-order valence-corrected chi connectivity index (χ1v) is 16.1. The minimum Gasteiger partial charge on any atom is -0.433 e. The van der Waals surface area contributed by atoms with Crippen LogP contribution >= 0.6 is 11.6 Å². The number of hydrogen-bond acceptors (Lipinski definition) is 5. The largest absolute Gasteiger partial charge is 0.433 e. The smallest absolute Gasteiger partial charge is 0.329 e. The van der Waals surface area contributed by atoms with Gasteiger partial charge in [0.25, 0.3) is 0 Å². The molecule has 1 saturated heterocycles. The van der Waals surface area contributed by atoms with E-state index >= 15 is 0 Å². The molecule has 1 rings (SSSR count). The van der Waals surface area contributed by atoms with Crippen LogP contribution in [-0.2, 0) is 18.4 Å². The maximum atomic E-state index is 12.2. The molecule has 0 spiro atoms. The number of alkyl halides is 1. The highest BCUT2D eigenvalue weighted by molar-refractivity contribution is 6.71. The van der Waals surface area contributed by atoms with E-state index in [2.05, 4.69) is 40.0 Å². The highest BCUT2D eigenvalue weighted by Crippen LogP contribution is 2.31. The van der Waals surface area contributed by atoms with Crippen molar-refractivity contribution in [1.29, 1.82) is 0 Å². The molecule has 25 heavy (non-hydrogen) atoms. The summed E-state index contributed by atoms with van der Waals surface area (Å²) in [4.78, 5) is 12.2. The van der Waals surface area contributed by atoms with E-state index in [-0.39, 0.29) is 0 Å². The molecule has 0 aromatic heterocycles. The van der Waals surface area contributed by atoms with Crippen LogP contribution in [-0.4, -0.2) is 51.6 Å². The molecule has 0 bridgehead atoms. The van der Waals surface area contributed by atoms with E-state index in [0.717, 1.165) is 37.8 Å². The number of aliphatic hydroxyl groups excluding tert-OH is 1. The van der Waals surface area contributed by atoms with Crippen molar-refractivity contribution in [3.63, 3.8) is 0 Å². The molecule has 0 amide bonds.